The second-order valence-electron chi connectivity index (χ2n) is 5.04. The van der Waals surface area contributed by atoms with Gasteiger partial charge in [0.1, 0.15) is 5.75 Å². The van der Waals surface area contributed by atoms with E-state index >= 15 is 0 Å². The van der Waals surface area contributed by atoms with Crippen LogP contribution < -0.4 is 10.5 Å². The van der Waals surface area contributed by atoms with Crippen molar-refractivity contribution in [3.05, 3.63) is 63.2 Å². The molecule has 2 rings (SSSR count). The zero-order valence-electron chi connectivity index (χ0n) is 11.7. The van der Waals surface area contributed by atoms with Crippen LogP contribution in [0.25, 0.3) is 0 Å². The second kappa shape index (κ2) is 7.64. The maximum Gasteiger partial charge on any atom is 0.119 e. The van der Waals surface area contributed by atoms with Gasteiger partial charge in [0, 0.05) is 9.61 Å². The van der Waals surface area contributed by atoms with Crippen LogP contribution in [0, 0.1) is 10.5 Å². The van der Waals surface area contributed by atoms with Gasteiger partial charge in [0.15, 0.2) is 0 Å². The number of aryl methyl sites for hydroxylation is 1. The lowest BCUT2D eigenvalue weighted by Crippen LogP contribution is -2.25. The van der Waals surface area contributed by atoms with Crippen LogP contribution in [0.15, 0.2) is 48.5 Å². The Morgan fingerprint density at radius 2 is 1.90 bits per heavy atom. The van der Waals surface area contributed by atoms with Crippen LogP contribution in [-0.4, -0.2) is 12.6 Å². The minimum atomic E-state index is 0.139. The van der Waals surface area contributed by atoms with Crippen molar-refractivity contribution in [1.29, 1.82) is 0 Å². The molecule has 0 aliphatic rings. The first kappa shape index (κ1) is 15.3. The van der Waals surface area contributed by atoms with Crippen molar-refractivity contribution in [2.75, 3.05) is 6.61 Å². The maximum absolute atomic E-state index is 6.16. The first-order chi connectivity index (χ1) is 9.63. The molecule has 2 N–H and O–H groups in total. The van der Waals surface area contributed by atoms with Gasteiger partial charge in [-0.3, -0.25) is 0 Å². The molecule has 20 heavy (non-hydrogen) atoms. The van der Waals surface area contributed by atoms with Gasteiger partial charge in [0.25, 0.3) is 0 Å². The number of nitrogens with two attached hydrogens (primary N) is 1. The van der Waals surface area contributed by atoms with E-state index in [-0.39, 0.29) is 6.04 Å². The molecule has 2 nitrogen and oxygen atoms in total. The molecule has 0 aliphatic heterocycles. The summed E-state index contributed by atoms with van der Waals surface area (Å²) in [5.41, 5.74) is 8.66. The topological polar surface area (TPSA) is 35.2 Å². The van der Waals surface area contributed by atoms with Crippen LogP contribution in [0.1, 0.15) is 17.5 Å². The lowest BCUT2D eigenvalue weighted by atomic mass is 10.0. The van der Waals surface area contributed by atoms with Crippen LogP contribution in [0.5, 0.6) is 5.75 Å². The van der Waals surface area contributed by atoms with Gasteiger partial charge < -0.3 is 10.5 Å². The highest BCUT2D eigenvalue weighted by molar-refractivity contribution is 14.1. The molecular formula is C17H20INO. The summed E-state index contributed by atoms with van der Waals surface area (Å²) >= 11 is 2.31. The fraction of sp³-hybridized carbons (Fsp3) is 0.294. The van der Waals surface area contributed by atoms with Crippen molar-refractivity contribution in [3.63, 3.8) is 0 Å². The van der Waals surface area contributed by atoms with E-state index in [1.807, 2.05) is 18.2 Å². The molecule has 1 atom stereocenters. The summed E-state index contributed by atoms with van der Waals surface area (Å²) in [5.74, 6) is 0.923. The summed E-state index contributed by atoms with van der Waals surface area (Å²) in [6.45, 7) is 2.73. The van der Waals surface area contributed by atoms with E-state index in [9.17, 15) is 0 Å². The van der Waals surface area contributed by atoms with Crippen LogP contribution >= 0.6 is 22.6 Å². The molecule has 0 radical (unpaired) electrons. The van der Waals surface area contributed by atoms with Gasteiger partial charge in [-0.25, -0.2) is 0 Å². The molecule has 3 heteroatoms. The van der Waals surface area contributed by atoms with E-state index in [1.54, 1.807) is 0 Å². The molecule has 106 valence electrons. The molecule has 0 aromatic heterocycles. The Bertz CT molecular complexity index is 539. The normalized spacial score (nSPS) is 12.2. The van der Waals surface area contributed by atoms with Gasteiger partial charge >= 0.3 is 0 Å². The molecule has 0 aliphatic carbocycles. The quantitative estimate of drug-likeness (QED) is 0.770. The standard InChI is InChI=1S/C17H20INO/c1-13-3-2-4-17(11-13)20-10-9-16(19)12-14-5-7-15(18)8-6-14/h2-8,11,16H,9-10,12,19H2,1H3. The highest BCUT2D eigenvalue weighted by Crippen LogP contribution is 2.13. The molecule has 1 unspecified atom stereocenters. The van der Waals surface area contributed by atoms with E-state index in [4.69, 9.17) is 10.5 Å². The van der Waals surface area contributed by atoms with Gasteiger partial charge in [0.05, 0.1) is 6.61 Å². The van der Waals surface area contributed by atoms with Crippen LogP contribution in [0.2, 0.25) is 0 Å². The van der Waals surface area contributed by atoms with Gasteiger partial charge in [-0.05, 0) is 77.7 Å². The molecular weight excluding hydrogens is 361 g/mol. The lowest BCUT2D eigenvalue weighted by molar-refractivity contribution is 0.297. The fourth-order valence-corrected chi connectivity index (χ4v) is 2.42. The Morgan fingerprint density at radius 1 is 1.15 bits per heavy atom. The van der Waals surface area contributed by atoms with Crippen molar-refractivity contribution < 1.29 is 4.74 Å². The largest absolute Gasteiger partial charge is 0.494 e. The SMILES string of the molecule is Cc1cccc(OCCC(N)Cc2ccc(I)cc2)c1. The molecule has 2 aromatic rings. The molecule has 0 heterocycles. The third kappa shape index (κ3) is 5.13. The van der Waals surface area contributed by atoms with Crippen molar-refractivity contribution >= 4 is 22.6 Å². The smallest absolute Gasteiger partial charge is 0.119 e. The first-order valence-corrected chi connectivity index (χ1v) is 7.91. The van der Waals surface area contributed by atoms with E-state index in [2.05, 4.69) is 59.8 Å². The molecule has 0 amide bonds. The van der Waals surface area contributed by atoms with Crippen molar-refractivity contribution in [2.45, 2.75) is 25.8 Å². The first-order valence-electron chi connectivity index (χ1n) is 6.83. The second-order valence-corrected chi connectivity index (χ2v) is 6.29. The van der Waals surface area contributed by atoms with Gasteiger partial charge in [0.2, 0.25) is 0 Å². The number of rotatable bonds is 6. The lowest BCUT2D eigenvalue weighted by Gasteiger charge is -2.13. The molecule has 0 spiro atoms. The summed E-state index contributed by atoms with van der Waals surface area (Å²) < 4.78 is 6.99. The predicted octanol–water partition coefficient (Wildman–Crippen LogP) is 3.94. The van der Waals surface area contributed by atoms with Gasteiger partial charge in [-0.2, -0.15) is 0 Å². The monoisotopic (exact) mass is 381 g/mol. The zero-order chi connectivity index (χ0) is 14.4. The molecule has 0 saturated carbocycles. The number of ether oxygens (including phenoxy) is 1. The van der Waals surface area contributed by atoms with Crippen LogP contribution in [-0.2, 0) is 6.42 Å². The highest BCUT2D eigenvalue weighted by Gasteiger charge is 2.05. The molecule has 0 fully saturated rings. The van der Waals surface area contributed by atoms with Crippen molar-refractivity contribution in [2.24, 2.45) is 5.73 Å². The minimum absolute atomic E-state index is 0.139. The Balaban J connectivity index is 1.75. The van der Waals surface area contributed by atoms with Crippen LogP contribution in [0.3, 0.4) is 0 Å². The van der Waals surface area contributed by atoms with Gasteiger partial charge in [-0.1, -0.05) is 24.3 Å². The van der Waals surface area contributed by atoms with Gasteiger partial charge in [-0.15, -0.1) is 0 Å². The number of halogens is 1. The summed E-state index contributed by atoms with van der Waals surface area (Å²) in [6.07, 6.45) is 1.76. The number of benzene rings is 2. The fourth-order valence-electron chi connectivity index (χ4n) is 2.06. The molecule has 2 aromatic carbocycles. The Labute approximate surface area is 134 Å². The predicted molar refractivity (Wildman–Crippen MR) is 92.1 cm³/mol. The van der Waals surface area contributed by atoms with E-state index in [0.717, 1.165) is 18.6 Å². The number of hydrogen-bond donors (Lipinski definition) is 1. The van der Waals surface area contributed by atoms with Crippen LogP contribution in [0.4, 0.5) is 0 Å². The highest BCUT2D eigenvalue weighted by atomic mass is 127. The van der Waals surface area contributed by atoms with E-state index in [0.29, 0.717) is 6.61 Å². The average molecular weight is 381 g/mol. The summed E-state index contributed by atoms with van der Waals surface area (Å²) in [4.78, 5) is 0. The number of hydrogen-bond acceptors (Lipinski definition) is 2. The summed E-state index contributed by atoms with van der Waals surface area (Å²) in [7, 11) is 0. The summed E-state index contributed by atoms with van der Waals surface area (Å²) in [6, 6.07) is 16.8. The third-order valence-electron chi connectivity index (χ3n) is 3.16. The zero-order valence-corrected chi connectivity index (χ0v) is 13.8. The molecule has 0 bridgehead atoms. The van der Waals surface area contributed by atoms with E-state index < -0.39 is 0 Å². The van der Waals surface area contributed by atoms with E-state index in [1.165, 1.54) is 14.7 Å². The third-order valence-corrected chi connectivity index (χ3v) is 3.88. The minimum Gasteiger partial charge on any atom is -0.494 e. The maximum atomic E-state index is 6.16. The average Bonchev–Trinajstić information content (AvgIpc) is 2.41. The Kier molecular flexibility index (Phi) is 5.86. The van der Waals surface area contributed by atoms with Crippen molar-refractivity contribution in [1.82, 2.24) is 0 Å². The summed E-state index contributed by atoms with van der Waals surface area (Å²) in [5, 5.41) is 0. The molecule has 0 saturated heterocycles. The van der Waals surface area contributed by atoms with Crippen molar-refractivity contribution in [3.8, 4) is 5.75 Å². The Morgan fingerprint density at radius 3 is 2.60 bits per heavy atom. The Hall–Kier alpha value is -1.07.